The van der Waals surface area contributed by atoms with Gasteiger partial charge in [0, 0.05) is 24.7 Å². The molecular weight excluding hydrogens is 290 g/mol. The first-order valence-electron chi connectivity index (χ1n) is 6.83. The number of anilines is 1. The highest BCUT2D eigenvalue weighted by Crippen LogP contribution is 2.38. The van der Waals surface area contributed by atoms with E-state index in [1.807, 2.05) is 18.2 Å². The lowest BCUT2D eigenvalue weighted by molar-refractivity contribution is 0.297. The Morgan fingerprint density at radius 3 is 2.86 bits per heavy atom. The lowest BCUT2D eigenvalue weighted by Gasteiger charge is -2.12. The SMILES string of the molecule is Oc1cccc(NCc2cc(Cl)c3c(c2)OCCCO3)c1. The van der Waals surface area contributed by atoms with E-state index in [1.165, 1.54) is 0 Å². The Balaban J connectivity index is 1.77. The molecule has 0 amide bonds. The monoisotopic (exact) mass is 305 g/mol. The predicted molar refractivity (Wildman–Crippen MR) is 82.5 cm³/mol. The highest BCUT2D eigenvalue weighted by molar-refractivity contribution is 6.32. The second-order valence-corrected chi connectivity index (χ2v) is 5.27. The third kappa shape index (κ3) is 3.34. The number of fused-ring (bicyclic) bond motifs is 1. The van der Waals surface area contributed by atoms with Crippen LogP contribution >= 0.6 is 11.6 Å². The second-order valence-electron chi connectivity index (χ2n) is 4.86. The van der Waals surface area contributed by atoms with Crippen LogP contribution in [0.3, 0.4) is 0 Å². The Morgan fingerprint density at radius 2 is 2.00 bits per heavy atom. The van der Waals surface area contributed by atoms with E-state index in [4.69, 9.17) is 21.1 Å². The Morgan fingerprint density at radius 1 is 1.14 bits per heavy atom. The third-order valence-electron chi connectivity index (χ3n) is 3.20. The van der Waals surface area contributed by atoms with Gasteiger partial charge in [0.2, 0.25) is 0 Å². The van der Waals surface area contributed by atoms with Gasteiger partial charge in [0.15, 0.2) is 11.5 Å². The molecule has 110 valence electrons. The van der Waals surface area contributed by atoms with Gasteiger partial charge in [-0.2, -0.15) is 0 Å². The summed E-state index contributed by atoms with van der Waals surface area (Å²) in [6.07, 6.45) is 0.849. The molecule has 1 aliphatic heterocycles. The fourth-order valence-corrected chi connectivity index (χ4v) is 2.49. The average Bonchev–Trinajstić information content (AvgIpc) is 2.71. The summed E-state index contributed by atoms with van der Waals surface area (Å²) in [5.41, 5.74) is 1.84. The molecule has 4 nitrogen and oxygen atoms in total. The van der Waals surface area contributed by atoms with Crippen molar-refractivity contribution in [3.05, 3.63) is 47.0 Å². The summed E-state index contributed by atoms with van der Waals surface area (Å²) in [4.78, 5) is 0. The zero-order valence-corrected chi connectivity index (χ0v) is 12.2. The summed E-state index contributed by atoms with van der Waals surface area (Å²) < 4.78 is 11.3. The van der Waals surface area contributed by atoms with Gasteiger partial charge in [-0.1, -0.05) is 17.7 Å². The van der Waals surface area contributed by atoms with Crippen molar-refractivity contribution in [3.8, 4) is 17.2 Å². The average molecular weight is 306 g/mol. The minimum Gasteiger partial charge on any atom is -0.508 e. The molecule has 3 rings (SSSR count). The van der Waals surface area contributed by atoms with E-state index < -0.39 is 0 Å². The normalized spacial score (nSPS) is 13.6. The molecule has 0 aromatic heterocycles. The molecule has 5 heteroatoms. The molecule has 2 aromatic carbocycles. The van der Waals surface area contributed by atoms with Crippen LogP contribution in [0.5, 0.6) is 17.2 Å². The van der Waals surface area contributed by atoms with Gasteiger partial charge in [0.1, 0.15) is 5.75 Å². The molecule has 0 fully saturated rings. The van der Waals surface area contributed by atoms with Crippen LogP contribution in [0.15, 0.2) is 36.4 Å². The summed E-state index contributed by atoms with van der Waals surface area (Å²) in [6, 6.07) is 10.8. The highest BCUT2D eigenvalue weighted by atomic mass is 35.5. The quantitative estimate of drug-likeness (QED) is 0.905. The molecule has 0 unspecified atom stereocenters. The number of nitrogens with one attached hydrogen (secondary N) is 1. The first-order chi connectivity index (χ1) is 10.2. The van der Waals surface area contributed by atoms with E-state index in [0.717, 1.165) is 17.7 Å². The number of aromatic hydroxyl groups is 1. The van der Waals surface area contributed by atoms with Gasteiger partial charge in [0.25, 0.3) is 0 Å². The standard InChI is InChI=1S/C16H16ClNO3/c17-14-7-11(8-15-16(14)21-6-2-5-20-15)10-18-12-3-1-4-13(19)9-12/h1,3-4,7-9,18-19H,2,5-6,10H2. The van der Waals surface area contributed by atoms with Crippen molar-refractivity contribution in [3.63, 3.8) is 0 Å². The summed E-state index contributed by atoms with van der Waals surface area (Å²) >= 11 is 6.25. The van der Waals surface area contributed by atoms with E-state index in [0.29, 0.717) is 36.3 Å². The van der Waals surface area contributed by atoms with Crippen molar-refractivity contribution in [2.45, 2.75) is 13.0 Å². The maximum Gasteiger partial charge on any atom is 0.179 e. The smallest absolute Gasteiger partial charge is 0.179 e. The zero-order valence-electron chi connectivity index (χ0n) is 11.4. The Bertz CT molecular complexity index is 645. The molecule has 0 atom stereocenters. The lowest BCUT2D eigenvalue weighted by Crippen LogP contribution is -2.01. The largest absolute Gasteiger partial charge is 0.508 e. The summed E-state index contributed by atoms with van der Waals surface area (Å²) in [5, 5.41) is 13.2. The van der Waals surface area contributed by atoms with Crippen LogP contribution < -0.4 is 14.8 Å². The number of hydrogen-bond acceptors (Lipinski definition) is 4. The minimum atomic E-state index is 0.233. The van der Waals surface area contributed by atoms with Crippen molar-refractivity contribution in [1.29, 1.82) is 0 Å². The molecule has 1 aliphatic rings. The molecule has 1 heterocycles. The molecule has 0 saturated carbocycles. The van der Waals surface area contributed by atoms with E-state index >= 15 is 0 Å². The van der Waals surface area contributed by atoms with Gasteiger partial charge >= 0.3 is 0 Å². The fraction of sp³-hybridized carbons (Fsp3) is 0.250. The first-order valence-corrected chi connectivity index (χ1v) is 7.21. The van der Waals surface area contributed by atoms with Crippen LogP contribution in [0.25, 0.3) is 0 Å². The van der Waals surface area contributed by atoms with E-state index in [2.05, 4.69) is 5.32 Å². The van der Waals surface area contributed by atoms with E-state index in [9.17, 15) is 5.11 Å². The molecular formula is C16H16ClNO3. The van der Waals surface area contributed by atoms with Gasteiger partial charge in [-0.3, -0.25) is 0 Å². The molecule has 0 aliphatic carbocycles. The first kappa shape index (κ1) is 13.9. The fourth-order valence-electron chi connectivity index (χ4n) is 2.21. The van der Waals surface area contributed by atoms with Crippen molar-refractivity contribution in [1.82, 2.24) is 0 Å². The summed E-state index contributed by atoms with van der Waals surface area (Å²) in [5.74, 6) is 1.54. The van der Waals surface area contributed by atoms with Gasteiger partial charge in [-0.05, 0) is 29.8 Å². The van der Waals surface area contributed by atoms with Gasteiger partial charge in [-0.25, -0.2) is 0 Å². The van der Waals surface area contributed by atoms with Crippen molar-refractivity contribution in [2.24, 2.45) is 0 Å². The molecule has 0 bridgehead atoms. The Hall–Kier alpha value is -2.07. The molecule has 2 N–H and O–H groups in total. The second kappa shape index (κ2) is 6.14. The highest BCUT2D eigenvalue weighted by Gasteiger charge is 2.15. The van der Waals surface area contributed by atoms with E-state index in [-0.39, 0.29) is 5.75 Å². The van der Waals surface area contributed by atoms with Gasteiger partial charge in [0.05, 0.1) is 18.2 Å². The van der Waals surface area contributed by atoms with Crippen molar-refractivity contribution >= 4 is 17.3 Å². The summed E-state index contributed by atoms with van der Waals surface area (Å²) in [6.45, 7) is 1.83. The minimum absolute atomic E-state index is 0.233. The van der Waals surface area contributed by atoms with Gasteiger partial charge < -0.3 is 19.9 Å². The zero-order chi connectivity index (χ0) is 14.7. The van der Waals surface area contributed by atoms with Crippen LogP contribution in [0.4, 0.5) is 5.69 Å². The van der Waals surface area contributed by atoms with E-state index in [1.54, 1.807) is 18.2 Å². The third-order valence-corrected chi connectivity index (χ3v) is 3.49. The molecule has 0 radical (unpaired) electrons. The number of benzene rings is 2. The Labute approximate surface area is 128 Å². The maximum absolute atomic E-state index is 9.45. The number of halogens is 1. The van der Waals surface area contributed by atoms with Gasteiger partial charge in [-0.15, -0.1) is 0 Å². The van der Waals surface area contributed by atoms with Crippen molar-refractivity contribution in [2.75, 3.05) is 18.5 Å². The van der Waals surface area contributed by atoms with Crippen LogP contribution in [0.1, 0.15) is 12.0 Å². The number of rotatable bonds is 3. The van der Waals surface area contributed by atoms with Crippen LogP contribution in [-0.4, -0.2) is 18.3 Å². The number of phenols is 1. The Kier molecular flexibility index (Phi) is 4.06. The van der Waals surface area contributed by atoms with Crippen LogP contribution in [0.2, 0.25) is 5.02 Å². The molecule has 0 saturated heterocycles. The lowest BCUT2D eigenvalue weighted by atomic mass is 10.2. The maximum atomic E-state index is 9.45. The molecule has 0 spiro atoms. The summed E-state index contributed by atoms with van der Waals surface area (Å²) in [7, 11) is 0. The van der Waals surface area contributed by atoms with Crippen LogP contribution in [0, 0.1) is 0 Å². The number of hydrogen-bond donors (Lipinski definition) is 2. The predicted octanol–water partition coefficient (Wildman–Crippen LogP) is 3.82. The topological polar surface area (TPSA) is 50.7 Å². The number of ether oxygens (including phenoxy) is 2. The van der Waals surface area contributed by atoms with Crippen LogP contribution in [-0.2, 0) is 6.54 Å². The molecule has 21 heavy (non-hydrogen) atoms. The number of phenolic OH excluding ortho intramolecular Hbond substituents is 1. The molecule has 2 aromatic rings. The van der Waals surface area contributed by atoms with Crippen molar-refractivity contribution < 1.29 is 14.6 Å².